The molecule has 230 valence electrons. The van der Waals surface area contributed by atoms with Crippen molar-refractivity contribution in [1.29, 1.82) is 0 Å². The average molecular weight is 583 g/mol. The van der Waals surface area contributed by atoms with Gasteiger partial charge in [0.2, 0.25) is 23.5 Å². The Morgan fingerprint density at radius 3 is 2.15 bits per heavy atom. The van der Waals surface area contributed by atoms with E-state index in [1.807, 2.05) is 0 Å². The number of Topliss-reactive ketones (excluding diaryl/α,β-unsaturated/α-hetero) is 1. The van der Waals surface area contributed by atoms with Gasteiger partial charge in [0.25, 0.3) is 5.91 Å². The quantitative estimate of drug-likeness (QED) is 0.356. The molecule has 5 atom stereocenters. The Hall–Kier alpha value is -2.79. The van der Waals surface area contributed by atoms with E-state index in [1.165, 1.54) is 4.90 Å². The molecule has 4 fully saturated rings. The Labute approximate surface area is 239 Å². The smallest absolute Gasteiger partial charge is 0.408 e. The van der Waals surface area contributed by atoms with Crippen LogP contribution in [0.4, 0.5) is 13.6 Å². The van der Waals surface area contributed by atoms with E-state index in [9.17, 15) is 32.8 Å². The van der Waals surface area contributed by atoms with Crippen LogP contribution in [0, 0.1) is 29.1 Å². The molecule has 4 aliphatic rings. The fraction of sp³-hybridized carbons (Fsp3) is 0.828. The molecule has 1 saturated heterocycles. The van der Waals surface area contributed by atoms with Crippen molar-refractivity contribution < 1.29 is 37.5 Å². The number of carbonyl (C=O) groups is 5. The molecule has 0 aromatic carbocycles. The second-order valence-corrected chi connectivity index (χ2v) is 14.2. The van der Waals surface area contributed by atoms with Crippen molar-refractivity contribution in [2.75, 3.05) is 6.54 Å². The van der Waals surface area contributed by atoms with Crippen molar-refractivity contribution in [3.8, 4) is 0 Å². The van der Waals surface area contributed by atoms with E-state index in [4.69, 9.17) is 10.5 Å². The van der Waals surface area contributed by atoms with Crippen molar-refractivity contribution in [2.45, 2.75) is 116 Å². The van der Waals surface area contributed by atoms with E-state index in [0.717, 1.165) is 12.8 Å². The minimum Gasteiger partial charge on any atom is -0.444 e. The van der Waals surface area contributed by atoms with Gasteiger partial charge in [-0.2, -0.15) is 0 Å². The van der Waals surface area contributed by atoms with Gasteiger partial charge in [-0.05, 0) is 75.5 Å². The van der Waals surface area contributed by atoms with Gasteiger partial charge < -0.3 is 26.0 Å². The second kappa shape index (κ2) is 11.1. The Balaban J connectivity index is 1.59. The van der Waals surface area contributed by atoms with E-state index < -0.39 is 78.0 Å². The number of halogens is 2. The number of nitrogens with one attached hydrogen (secondary N) is 2. The van der Waals surface area contributed by atoms with E-state index in [2.05, 4.69) is 24.5 Å². The maximum absolute atomic E-state index is 14.2. The first kappa shape index (κ1) is 31.2. The van der Waals surface area contributed by atoms with Crippen molar-refractivity contribution >= 4 is 29.6 Å². The van der Waals surface area contributed by atoms with Gasteiger partial charge in [0, 0.05) is 19.4 Å². The predicted molar refractivity (Wildman–Crippen MR) is 144 cm³/mol. The topological polar surface area (TPSA) is 148 Å². The molecular weight excluding hydrogens is 538 g/mol. The lowest BCUT2D eigenvalue weighted by molar-refractivity contribution is -0.144. The van der Waals surface area contributed by atoms with Crippen LogP contribution in [-0.4, -0.2) is 70.7 Å². The van der Waals surface area contributed by atoms with Crippen LogP contribution in [0.3, 0.4) is 0 Å². The highest BCUT2D eigenvalue weighted by atomic mass is 19.3. The van der Waals surface area contributed by atoms with Gasteiger partial charge in [-0.15, -0.1) is 0 Å². The monoisotopic (exact) mass is 582 g/mol. The fourth-order valence-corrected chi connectivity index (χ4v) is 6.89. The molecule has 0 aromatic rings. The lowest BCUT2D eigenvalue weighted by atomic mass is 9.55. The Bertz CT molecular complexity index is 1080. The summed E-state index contributed by atoms with van der Waals surface area (Å²) in [4.78, 5) is 66.5. The minimum absolute atomic E-state index is 0.00575. The number of hydrogen-bond donors (Lipinski definition) is 3. The minimum atomic E-state index is -2.83. The number of alkyl halides is 2. The average Bonchev–Trinajstić information content (AvgIpc) is 3.59. The van der Waals surface area contributed by atoms with Gasteiger partial charge in [-0.3, -0.25) is 19.2 Å². The number of hydrogen-bond acceptors (Lipinski definition) is 6. The number of carbonyl (C=O) groups excluding carboxylic acids is 5. The van der Waals surface area contributed by atoms with Gasteiger partial charge in [-0.25, -0.2) is 13.6 Å². The van der Waals surface area contributed by atoms with Gasteiger partial charge in [0.15, 0.2) is 0 Å². The summed E-state index contributed by atoms with van der Waals surface area (Å²) >= 11 is 0. The first-order valence-corrected chi connectivity index (χ1v) is 14.7. The van der Waals surface area contributed by atoms with Crippen LogP contribution >= 0.6 is 0 Å². The van der Waals surface area contributed by atoms with Crippen LogP contribution in [0.1, 0.15) is 86.0 Å². The Morgan fingerprint density at radius 2 is 1.63 bits per heavy atom. The van der Waals surface area contributed by atoms with Gasteiger partial charge in [-0.1, -0.05) is 26.7 Å². The van der Waals surface area contributed by atoms with Gasteiger partial charge in [0.1, 0.15) is 17.7 Å². The number of fused-ring (bicyclic) bond motifs is 1. The highest BCUT2D eigenvalue weighted by Gasteiger charge is 2.61. The third-order valence-corrected chi connectivity index (χ3v) is 9.28. The molecule has 41 heavy (non-hydrogen) atoms. The molecule has 0 radical (unpaired) electrons. The summed E-state index contributed by atoms with van der Waals surface area (Å²) in [6.45, 7) is 9.40. The van der Waals surface area contributed by atoms with Gasteiger partial charge >= 0.3 is 6.09 Å². The summed E-state index contributed by atoms with van der Waals surface area (Å²) in [5.41, 5.74) is 4.27. The predicted octanol–water partition coefficient (Wildman–Crippen LogP) is 2.92. The maximum atomic E-state index is 14.2. The number of primary amides is 1. The molecule has 10 nitrogen and oxygen atoms in total. The van der Waals surface area contributed by atoms with Gasteiger partial charge in [0.05, 0.1) is 6.04 Å². The van der Waals surface area contributed by atoms with Crippen molar-refractivity contribution in [1.82, 2.24) is 15.5 Å². The summed E-state index contributed by atoms with van der Waals surface area (Å²) in [6, 6.07) is -3.17. The second-order valence-electron chi connectivity index (χ2n) is 14.2. The van der Waals surface area contributed by atoms with Crippen LogP contribution in [-0.2, 0) is 23.9 Å². The highest BCUT2D eigenvalue weighted by Crippen LogP contribution is 2.57. The SMILES string of the molecule is CC(C)(C)OC(=O)N[C@H](C(=O)N1CC2[C@H](CC2(C)C)[C@H]1C(=O)NC(CC1CC1)C(=O)C(N)=O)C1CCC(F)(F)CC1. The number of rotatable bonds is 9. The number of nitrogens with zero attached hydrogens (tertiary/aromatic N) is 1. The first-order valence-electron chi connectivity index (χ1n) is 14.7. The standard InChI is InChI=1S/C29H44F2N4O6/c1-27(2,3)41-26(40)34-20(16-8-10-29(30,31)11-9-16)25(39)35-14-18-17(13-28(18,4)5)21(35)24(38)33-19(12-15-6-7-15)22(36)23(32)37/h15-21H,6-14H2,1-5H3,(H2,32,37)(H,33,38)(H,34,40)/t17-,18?,19?,20-,21-/m0/s1. The zero-order valence-corrected chi connectivity index (χ0v) is 24.6. The van der Waals surface area contributed by atoms with E-state index in [1.54, 1.807) is 20.8 Å². The molecule has 1 aliphatic heterocycles. The third-order valence-electron chi connectivity index (χ3n) is 9.28. The molecule has 0 bridgehead atoms. The molecule has 2 unspecified atom stereocenters. The van der Waals surface area contributed by atoms with Crippen LogP contribution in [0.5, 0.6) is 0 Å². The lowest BCUT2D eigenvalue weighted by Crippen LogP contribution is -2.59. The molecule has 0 spiro atoms. The summed E-state index contributed by atoms with van der Waals surface area (Å²) in [5.74, 6) is -6.46. The Kier molecular flexibility index (Phi) is 8.46. The zero-order valence-electron chi connectivity index (χ0n) is 24.6. The van der Waals surface area contributed by atoms with Crippen LogP contribution in [0.25, 0.3) is 0 Å². The maximum Gasteiger partial charge on any atom is 0.408 e. The summed E-state index contributed by atoms with van der Waals surface area (Å²) in [5, 5.41) is 5.36. The number of alkyl carbamates (subject to hydrolysis) is 1. The summed E-state index contributed by atoms with van der Waals surface area (Å²) < 4.78 is 33.4. The molecule has 4 amide bonds. The Morgan fingerprint density at radius 1 is 1.02 bits per heavy atom. The normalized spacial score (nSPS) is 28.5. The molecule has 3 aliphatic carbocycles. The number of ketones is 1. The number of amides is 4. The van der Waals surface area contributed by atoms with Crippen LogP contribution in [0.15, 0.2) is 0 Å². The van der Waals surface area contributed by atoms with Crippen LogP contribution in [0.2, 0.25) is 0 Å². The molecular formula is C29H44F2N4O6. The fourth-order valence-electron chi connectivity index (χ4n) is 6.89. The number of likely N-dealkylation sites (tertiary alicyclic amines) is 1. The van der Waals surface area contributed by atoms with Crippen LogP contribution < -0.4 is 16.4 Å². The molecule has 4 rings (SSSR count). The highest BCUT2D eigenvalue weighted by molar-refractivity contribution is 6.37. The van der Waals surface area contributed by atoms with E-state index in [-0.39, 0.29) is 42.6 Å². The summed E-state index contributed by atoms with van der Waals surface area (Å²) in [6.07, 6.45) is 1.15. The largest absolute Gasteiger partial charge is 0.444 e. The molecule has 0 aromatic heterocycles. The van der Waals surface area contributed by atoms with Crippen molar-refractivity contribution in [3.63, 3.8) is 0 Å². The number of nitrogens with two attached hydrogens (primary N) is 1. The molecule has 12 heteroatoms. The first-order chi connectivity index (χ1) is 18.9. The van der Waals surface area contributed by atoms with E-state index in [0.29, 0.717) is 12.8 Å². The molecule has 4 N–H and O–H groups in total. The molecule has 1 heterocycles. The van der Waals surface area contributed by atoms with E-state index >= 15 is 0 Å². The van der Waals surface area contributed by atoms with Crippen molar-refractivity contribution in [2.24, 2.45) is 34.8 Å². The van der Waals surface area contributed by atoms with Crippen molar-refractivity contribution in [3.05, 3.63) is 0 Å². The molecule has 3 saturated carbocycles. The lowest BCUT2D eigenvalue weighted by Gasteiger charge is -2.48. The zero-order chi connectivity index (χ0) is 30.5. The number of ether oxygens (including phenoxy) is 1. The summed E-state index contributed by atoms with van der Waals surface area (Å²) in [7, 11) is 0. The third kappa shape index (κ3) is 7.17.